The Hall–Kier alpha value is -9.26. The number of carbonyl (C=O) groups is 6. The number of nitrogens with one attached hydrogen (secondary N) is 2. The van der Waals surface area contributed by atoms with E-state index < -0.39 is 63.4 Å². The molecule has 6 aromatic rings. The normalized spacial score (nSPS) is 15.2. The summed E-state index contributed by atoms with van der Waals surface area (Å²) in [5.74, 6) is -0.451. The van der Waals surface area contributed by atoms with Gasteiger partial charge in [0.1, 0.15) is 30.2 Å². The lowest BCUT2D eigenvalue weighted by atomic mass is 9.78. The van der Waals surface area contributed by atoms with Crippen LogP contribution in [0, 0.1) is 0 Å². The summed E-state index contributed by atoms with van der Waals surface area (Å²) in [6.07, 6.45) is 1.91. The third-order valence-corrected chi connectivity index (χ3v) is 16.1. The summed E-state index contributed by atoms with van der Waals surface area (Å²) in [7, 11) is -6.15. The molecular weight excluding hydrogens is 1250 g/mol. The predicted octanol–water partition coefficient (Wildman–Crippen LogP) is 14.4. The molecule has 2 N–H and O–H groups in total. The Kier molecular flexibility index (Phi) is 24.5. The maximum absolute atomic E-state index is 13.0. The van der Waals surface area contributed by atoms with E-state index in [4.69, 9.17) is 28.3 Å². The van der Waals surface area contributed by atoms with Gasteiger partial charge in [-0.25, -0.2) is 19.2 Å². The van der Waals surface area contributed by atoms with E-state index in [1.165, 1.54) is 4.90 Å². The Morgan fingerprint density at radius 3 is 1.33 bits per heavy atom. The number of ether oxygens (including phenoxy) is 4. The Bertz CT molecular complexity index is 3820. The summed E-state index contributed by atoms with van der Waals surface area (Å²) in [6, 6.07) is 47.8. The zero-order valence-electron chi connectivity index (χ0n) is 54.9. The van der Waals surface area contributed by atoms with Crippen LogP contribution >= 0.6 is 0 Å². The number of anilines is 2. The number of para-hydroxylation sites is 2. The van der Waals surface area contributed by atoms with Gasteiger partial charge in [-0.3, -0.25) is 20.2 Å². The van der Waals surface area contributed by atoms with E-state index in [-0.39, 0.29) is 69.0 Å². The third kappa shape index (κ3) is 22.2. The molecule has 3 aliphatic rings. The molecule has 0 radical (unpaired) electrons. The summed E-state index contributed by atoms with van der Waals surface area (Å²) in [6.45, 7) is 20.1. The molecular formula is C71H80BF3N4O15S. The predicted molar refractivity (Wildman–Crippen MR) is 355 cm³/mol. The molecule has 0 aromatic heterocycles. The number of hydrogen-bond donors (Lipinski definition) is 2. The summed E-state index contributed by atoms with van der Waals surface area (Å²) in [5, 5.41) is 5.48. The molecule has 3 aliphatic heterocycles. The molecule has 6 aromatic carbocycles. The van der Waals surface area contributed by atoms with Crippen molar-refractivity contribution in [1.82, 2.24) is 9.80 Å². The highest BCUT2D eigenvalue weighted by Crippen LogP contribution is 2.37. The van der Waals surface area contributed by atoms with Gasteiger partial charge >= 0.3 is 47.1 Å². The summed E-state index contributed by atoms with van der Waals surface area (Å²) in [4.78, 5) is 77.5. The maximum Gasteiger partial charge on any atom is 0.534 e. The number of carbonyl (C=O) groups excluding carboxylic acids is 6. The van der Waals surface area contributed by atoms with Gasteiger partial charge in [-0.05, 0) is 133 Å². The number of benzene rings is 6. The van der Waals surface area contributed by atoms with Crippen LogP contribution in [-0.4, -0.2) is 115 Å². The minimum absolute atomic E-state index is 0.00711. The highest BCUT2D eigenvalue weighted by atomic mass is 32.2. The fourth-order valence-electron chi connectivity index (χ4n) is 9.44. The number of halogens is 3. The molecule has 0 aliphatic carbocycles. The lowest BCUT2D eigenvalue weighted by Crippen LogP contribution is -2.41. The van der Waals surface area contributed by atoms with Gasteiger partial charge in [0.15, 0.2) is 11.6 Å². The van der Waals surface area contributed by atoms with Crippen LogP contribution in [0.15, 0.2) is 176 Å². The molecule has 19 nitrogen and oxygen atoms in total. The van der Waals surface area contributed by atoms with Gasteiger partial charge in [-0.2, -0.15) is 21.6 Å². The van der Waals surface area contributed by atoms with Gasteiger partial charge < -0.3 is 42.2 Å². The third-order valence-electron chi connectivity index (χ3n) is 15.1. The Balaban J connectivity index is 0.000000207. The van der Waals surface area contributed by atoms with Crippen LogP contribution < -0.4 is 16.1 Å². The first-order valence-electron chi connectivity index (χ1n) is 30.7. The first-order valence-corrected chi connectivity index (χ1v) is 32.1. The molecule has 0 bridgehead atoms. The molecule has 95 heavy (non-hydrogen) atoms. The number of alkyl halides is 3. The molecule has 0 unspecified atom stereocenters. The molecule has 4 amide bonds. The molecule has 0 spiro atoms. The second-order valence-corrected chi connectivity index (χ2v) is 26.9. The molecule has 9 rings (SSSR count). The number of Topliss-reactive ketones (excluding diaryl/α,β-unsaturated/α-hetero) is 2. The van der Waals surface area contributed by atoms with Crippen LogP contribution in [0.2, 0.25) is 0 Å². The molecule has 3 heterocycles. The lowest BCUT2D eigenvalue weighted by molar-refractivity contribution is -0.0525. The van der Waals surface area contributed by atoms with Crippen LogP contribution in [0.5, 0.6) is 0 Å². The van der Waals surface area contributed by atoms with E-state index in [9.17, 15) is 50.4 Å². The minimum Gasteiger partial charge on any atom is -0.445 e. The molecule has 0 atom stereocenters. The number of hydrogen-bond acceptors (Lipinski definition) is 15. The standard InChI is InChI=1S/C32H34N2O5.C25H32BNO5.C14H14F3NO5S/c1-32(2,3)39-30(36)33-28-12-8-7-11-27(28)21-29(35)26-15-13-24(14-16-26)25-17-19-34(20-18-25)31(37)38-22-23-9-5-4-6-10-23;1-23(2,3)30-22(29)27-20-11-9-8-10-18(20)16-21(28)17-12-14-19(15-13-17)26-31-24(4,5)25(6,7)32-26;15-14(16,17)24(20,21)23-12-6-8-18(9-7-12)13(19)22-10-11-4-2-1-3-5-11/h4-17H,18-22H2,1-3H3,(H,33,36);8-15H,16H2,1-7H3,(H,27,29);1-6H,7-10H2. The van der Waals surface area contributed by atoms with Crippen molar-refractivity contribution in [2.24, 2.45) is 0 Å². The van der Waals surface area contributed by atoms with Crippen molar-refractivity contribution in [3.05, 3.63) is 215 Å². The van der Waals surface area contributed by atoms with Crippen LogP contribution in [0.3, 0.4) is 0 Å². The zero-order valence-corrected chi connectivity index (χ0v) is 55.7. The van der Waals surface area contributed by atoms with Crippen molar-refractivity contribution < 1.29 is 82.8 Å². The van der Waals surface area contributed by atoms with Gasteiger partial charge in [-0.1, -0.05) is 152 Å². The summed E-state index contributed by atoms with van der Waals surface area (Å²) < 4.78 is 95.8. The van der Waals surface area contributed by atoms with Crippen LogP contribution in [-0.2, 0) is 68.6 Å². The number of rotatable bonds is 16. The number of amides is 4. The largest absolute Gasteiger partial charge is 0.534 e. The van der Waals surface area contributed by atoms with Gasteiger partial charge in [-0.15, -0.1) is 0 Å². The Morgan fingerprint density at radius 2 is 0.937 bits per heavy atom. The zero-order chi connectivity index (χ0) is 69.4. The molecule has 24 heteroatoms. The SMILES string of the molecule is CC(C)(C)OC(=O)Nc1ccccc1CC(=O)c1ccc(B2OC(C)(C)C(C)(C)O2)cc1.CC(C)(C)OC(=O)Nc1ccccc1CC(=O)c1ccc(C2=CCN(C(=O)OCc3ccccc3)CC2)cc1.O=C(OCc1ccccc1)N1CC=C(OS(=O)(=O)C(F)(F)F)CC1. The average Bonchev–Trinajstić information content (AvgIpc) is 1.64. The molecule has 0 saturated carbocycles. The van der Waals surface area contributed by atoms with Gasteiger partial charge in [0.05, 0.1) is 11.2 Å². The monoisotopic (exact) mass is 1330 g/mol. The quantitative estimate of drug-likeness (QED) is 0.0302. The van der Waals surface area contributed by atoms with E-state index in [1.807, 2.05) is 131 Å². The first-order chi connectivity index (χ1) is 44.6. The van der Waals surface area contributed by atoms with E-state index in [2.05, 4.69) is 14.8 Å². The van der Waals surface area contributed by atoms with Crippen LogP contribution in [0.1, 0.15) is 131 Å². The average molecular weight is 1330 g/mol. The number of ketones is 2. The molecule has 1 fully saturated rings. The lowest BCUT2D eigenvalue weighted by Gasteiger charge is -2.32. The van der Waals surface area contributed by atoms with E-state index in [1.54, 1.807) is 107 Å². The first kappa shape index (κ1) is 73.2. The van der Waals surface area contributed by atoms with Gasteiger partial charge in [0.2, 0.25) is 0 Å². The van der Waals surface area contributed by atoms with Crippen molar-refractivity contribution in [2.45, 2.75) is 136 Å². The smallest absolute Gasteiger partial charge is 0.445 e. The number of nitrogens with zero attached hydrogens (tertiary/aromatic N) is 2. The fraction of sp³-hybridized carbons (Fsp3) is 0.352. The highest BCUT2D eigenvalue weighted by Gasteiger charge is 2.52. The van der Waals surface area contributed by atoms with E-state index >= 15 is 0 Å². The van der Waals surface area contributed by atoms with Crippen LogP contribution in [0.4, 0.5) is 43.7 Å². The van der Waals surface area contributed by atoms with Crippen molar-refractivity contribution in [3.63, 3.8) is 0 Å². The molecule has 1 saturated heterocycles. The van der Waals surface area contributed by atoms with Crippen molar-refractivity contribution in [3.8, 4) is 0 Å². The van der Waals surface area contributed by atoms with E-state index in [0.717, 1.165) is 39.4 Å². The Labute approximate surface area is 553 Å². The maximum atomic E-state index is 13.0. The second-order valence-electron chi connectivity index (χ2n) is 25.4. The summed E-state index contributed by atoms with van der Waals surface area (Å²) in [5.41, 5.74) is 0.942. The topological polar surface area (TPSA) is 232 Å². The van der Waals surface area contributed by atoms with Crippen molar-refractivity contribution in [1.29, 1.82) is 0 Å². The minimum atomic E-state index is -5.68. The summed E-state index contributed by atoms with van der Waals surface area (Å²) >= 11 is 0. The fourth-order valence-corrected chi connectivity index (χ4v) is 9.97. The van der Waals surface area contributed by atoms with Crippen LogP contribution in [0.25, 0.3) is 5.57 Å². The molecule has 504 valence electrons. The van der Waals surface area contributed by atoms with Crippen molar-refractivity contribution in [2.75, 3.05) is 36.8 Å². The van der Waals surface area contributed by atoms with Gasteiger partial charge in [0, 0.05) is 67.9 Å². The Morgan fingerprint density at radius 1 is 0.537 bits per heavy atom. The van der Waals surface area contributed by atoms with Gasteiger partial charge in [0.25, 0.3) is 0 Å². The van der Waals surface area contributed by atoms with Crippen molar-refractivity contribution >= 4 is 75.6 Å². The highest BCUT2D eigenvalue weighted by molar-refractivity contribution is 7.87. The van der Waals surface area contributed by atoms with E-state index in [0.29, 0.717) is 47.6 Å². The second kappa shape index (κ2) is 31.8.